The zero-order valence-electron chi connectivity index (χ0n) is 14.2. The first-order valence-corrected chi connectivity index (χ1v) is 9.01. The monoisotopic (exact) mass is 341 g/mol. The van der Waals surface area contributed by atoms with Gasteiger partial charge in [0, 0.05) is 24.7 Å². The highest BCUT2D eigenvalue weighted by Gasteiger charge is 2.35. The summed E-state index contributed by atoms with van der Waals surface area (Å²) in [5, 5.41) is 2.41. The molecule has 4 nitrogen and oxygen atoms in total. The molecule has 1 unspecified atom stereocenters. The number of alkyl halides is 1. The molecule has 1 saturated heterocycles. The molecule has 130 valence electrons. The van der Waals surface area contributed by atoms with Crippen LogP contribution in [0.5, 0.6) is 11.5 Å². The Kier molecular flexibility index (Phi) is 7.47. The fourth-order valence-corrected chi connectivity index (χ4v) is 2.77. The number of rotatable bonds is 9. The number of hydrogen-bond donors (Lipinski definition) is 1. The number of hydrogen-bond acceptors (Lipinski definition) is 4. The minimum absolute atomic E-state index is 0.564. The third-order valence-electron chi connectivity index (χ3n) is 3.84. The van der Waals surface area contributed by atoms with Gasteiger partial charge < -0.3 is 19.5 Å². The summed E-state index contributed by atoms with van der Waals surface area (Å²) in [4.78, 5) is 0. The van der Waals surface area contributed by atoms with Crippen molar-refractivity contribution in [2.75, 3.05) is 32.9 Å². The van der Waals surface area contributed by atoms with Crippen LogP contribution in [-0.2, 0) is 9.80 Å². The Morgan fingerprint density at radius 1 is 1.17 bits per heavy atom. The summed E-state index contributed by atoms with van der Waals surface area (Å²) in [5.41, 5.74) is 0.866. The van der Waals surface area contributed by atoms with Crippen molar-refractivity contribution in [3.63, 3.8) is 0 Å². The lowest BCUT2D eigenvalue weighted by atomic mass is 10.1. The maximum atomic E-state index is 6.69. The summed E-state index contributed by atoms with van der Waals surface area (Å²) in [6.45, 7) is 7.65. The van der Waals surface area contributed by atoms with Gasteiger partial charge in [-0.1, -0.05) is 38.3 Å². The van der Waals surface area contributed by atoms with Crippen LogP contribution in [0, 0.1) is 0 Å². The molecule has 1 fully saturated rings. The molecule has 0 aromatic heterocycles. The molecule has 0 bridgehead atoms. The Morgan fingerprint density at radius 3 is 2.57 bits per heavy atom. The zero-order valence-corrected chi connectivity index (χ0v) is 15.0. The maximum Gasteiger partial charge on any atom is 0.183 e. The first-order chi connectivity index (χ1) is 11.2. The third kappa shape index (κ3) is 5.27. The predicted molar refractivity (Wildman–Crippen MR) is 93.6 cm³/mol. The van der Waals surface area contributed by atoms with Crippen LogP contribution < -0.4 is 14.8 Å². The van der Waals surface area contributed by atoms with Crippen LogP contribution in [0.1, 0.15) is 45.1 Å². The number of nitrogens with one attached hydrogen (secondary N) is 1. The minimum Gasteiger partial charge on any atom is -0.493 e. The first kappa shape index (κ1) is 18.4. The highest BCUT2D eigenvalue weighted by molar-refractivity contribution is 6.23. The molecule has 0 radical (unpaired) electrons. The SMILES string of the molecule is CCCCOc1ccc(C2(Cl)CNCCO2)c(OCCCC)c1. The van der Waals surface area contributed by atoms with Crippen molar-refractivity contribution in [2.24, 2.45) is 0 Å². The highest BCUT2D eigenvalue weighted by Crippen LogP contribution is 2.39. The van der Waals surface area contributed by atoms with Gasteiger partial charge in [0.05, 0.1) is 19.8 Å². The number of benzene rings is 1. The van der Waals surface area contributed by atoms with E-state index in [0.29, 0.717) is 26.4 Å². The summed E-state index contributed by atoms with van der Waals surface area (Å²) in [6, 6.07) is 5.84. The fraction of sp³-hybridized carbons (Fsp3) is 0.667. The van der Waals surface area contributed by atoms with Gasteiger partial charge in [-0.25, -0.2) is 0 Å². The van der Waals surface area contributed by atoms with Crippen LogP contribution in [-0.4, -0.2) is 32.9 Å². The molecule has 1 atom stereocenters. The van der Waals surface area contributed by atoms with Crippen molar-refractivity contribution in [1.29, 1.82) is 0 Å². The quantitative estimate of drug-likeness (QED) is 0.543. The molecule has 1 heterocycles. The summed E-state index contributed by atoms with van der Waals surface area (Å²) in [5.74, 6) is 1.57. The van der Waals surface area contributed by atoms with E-state index in [2.05, 4.69) is 19.2 Å². The Bertz CT molecular complexity index is 475. The van der Waals surface area contributed by atoms with Gasteiger partial charge in [0.2, 0.25) is 0 Å². The number of ether oxygens (including phenoxy) is 3. The standard InChI is InChI=1S/C18H28ClNO3/c1-3-5-10-21-15-7-8-16(17(13-15)22-11-6-4-2)18(19)14-20-9-12-23-18/h7-8,13,20H,3-6,9-12,14H2,1-2H3. The highest BCUT2D eigenvalue weighted by atomic mass is 35.5. The maximum absolute atomic E-state index is 6.69. The van der Waals surface area contributed by atoms with Crippen LogP contribution >= 0.6 is 11.6 Å². The summed E-state index contributed by atoms with van der Waals surface area (Å²) >= 11 is 6.69. The van der Waals surface area contributed by atoms with Gasteiger partial charge in [-0.3, -0.25) is 0 Å². The Labute approximate surface area is 144 Å². The summed E-state index contributed by atoms with van der Waals surface area (Å²) < 4.78 is 17.6. The molecule has 0 saturated carbocycles. The van der Waals surface area contributed by atoms with Gasteiger partial charge >= 0.3 is 0 Å². The van der Waals surface area contributed by atoms with E-state index in [4.69, 9.17) is 25.8 Å². The van der Waals surface area contributed by atoms with Crippen molar-refractivity contribution in [2.45, 2.75) is 44.6 Å². The smallest absolute Gasteiger partial charge is 0.183 e. The van der Waals surface area contributed by atoms with E-state index in [1.807, 2.05) is 18.2 Å². The lowest BCUT2D eigenvalue weighted by Gasteiger charge is -2.33. The van der Waals surface area contributed by atoms with Gasteiger partial charge in [0.1, 0.15) is 11.5 Å². The number of halogens is 1. The third-order valence-corrected chi connectivity index (χ3v) is 4.29. The molecule has 0 amide bonds. The predicted octanol–water partition coefficient (Wildman–Crippen LogP) is 4.06. The lowest BCUT2D eigenvalue weighted by Crippen LogP contribution is -2.44. The fourth-order valence-electron chi connectivity index (χ4n) is 2.44. The second kappa shape index (κ2) is 9.36. The Hall–Kier alpha value is -0.970. The summed E-state index contributed by atoms with van der Waals surface area (Å²) in [6.07, 6.45) is 4.25. The van der Waals surface area contributed by atoms with Gasteiger partial charge in [0.25, 0.3) is 0 Å². The Morgan fingerprint density at radius 2 is 1.91 bits per heavy atom. The minimum atomic E-state index is -0.873. The van der Waals surface area contributed by atoms with Crippen molar-refractivity contribution in [1.82, 2.24) is 5.32 Å². The van der Waals surface area contributed by atoms with Gasteiger partial charge in [-0.15, -0.1) is 0 Å². The van der Waals surface area contributed by atoms with Crippen molar-refractivity contribution < 1.29 is 14.2 Å². The van der Waals surface area contributed by atoms with E-state index in [-0.39, 0.29) is 0 Å². The molecule has 1 aromatic rings. The molecule has 5 heteroatoms. The molecule has 0 spiro atoms. The van der Waals surface area contributed by atoms with Gasteiger partial charge in [-0.05, 0) is 25.0 Å². The van der Waals surface area contributed by atoms with E-state index in [1.54, 1.807) is 0 Å². The lowest BCUT2D eigenvalue weighted by molar-refractivity contribution is -0.00912. The van der Waals surface area contributed by atoms with Crippen molar-refractivity contribution >= 4 is 11.6 Å². The van der Waals surface area contributed by atoms with Crippen LogP contribution in [0.2, 0.25) is 0 Å². The largest absolute Gasteiger partial charge is 0.493 e. The molecule has 2 rings (SSSR count). The molecule has 1 aromatic carbocycles. The average Bonchev–Trinajstić information content (AvgIpc) is 2.56. The van der Waals surface area contributed by atoms with Crippen LogP contribution in [0.4, 0.5) is 0 Å². The van der Waals surface area contributed by atoms with Crippen molar-refractivity contribution in [3.05, 3.63) is 23.8 Å². The normalized spacial score (nSPS) is 21.2. The number of unbranched alkanes of at least 4 members (excludes halogenated alkanes) is 2. The second-order valence-corrected chi connectivity index (χ2v) is 6.43. The van der Waals surface area contributed by atoms with Gasteiger partial charge in [-0.2, -0.15) is 0 Å². The average molecular weight is 342 g/mol. The van der Waals surface area contributed by atoms with Crippen molar-refractivity contribution in [3.8, 4) is 11.5 Å². The first-order valence-electron chi connectivity index (χ1n) is 8.63. The molecular weight excluding hydrogens is 314 g/mol. The van der Waals surface area contributed by atoms with E-state index in [9.17, 15) is 0 Å². The molecule has 1 aliphatic heterocycles. The Balaban J connectivity index is 2.17. The zero-order chi connectivity index (χ0) is 16.5. The topological polar surface area (TPSA) is 39.7 Å². The second-order valence-electron chi connectivity index (χ2n) is 5.82. The van der Waals surface area contributed by atoms with Crippen LogP contribution in [0.25, 0.3) is 0 Å². The molecular formula is C18H28ClNO3. The molecule has 1 N–H and O–H groups in total. The van der Waals surface area contributed by atoms with E-state index in [1.165, 1.54) is 0 Å². The molecule has 1 aliphatic rings. The summed E-state index contributed by atoms with van der Waals surface area (Å²) in [7, 11) is 0. The van der Waals surface area contributed by atoms with Gasteiger partial charge in [0.15, 0.2) is 5.06 Å². The molecule has 23 heavy (non-hydrogen) atoms. The molecule has 0 aliphatic carbocycles. The van der Waals surface area contributed by atoms with Crippen LogP contribution in [0.15, 0.2) is 18.2 Å². The van der Waals surface area contributed by atoms with E-state index in [0.717, 1.165) is 49.3 Å². The number of morpholine rings is 1. The van der Waals surface area contributed by atoms with E-state index < -0.39 is 5.06 Å². The van der Waals surface area contributed by atoms with Crippen LogP contribution in [0.3, 0.4) is 0 Å². The van der Waals surface area contributed by atoms with E-state index >= 15 is 0 Å².